The predicted molar refractivity (Wildman–Crippen MR) is 101 cm³/mol. The molecule has 10 nitrogen and oxygen atoms in total. The van der Waals surface area contributed by atoms with Crippen LogP contribution in [0, 0.1) is 10.1 Å². The number of nitrogens with one attached hydrogen (secondary N) is 3. The van der Waals surface area contributed by atoms with Crippen LogP contribution in [0.3, 0.4) is 0 Å². The third-order valence-electron chi connectivity index (χ3n) is 3.85. The summed E-state index contributed by atoms with van der Waals surface area (Å²) < 4.78 is 0.173. The second-order valence-electron chi connectivity index (χ2n) is 5.60. The average molecular weight is 451 g/mol. The number of carboxylic acids is 1. The van der Waals surface area contributed by atoms with E-state index in [1.807, 2.05) is 6.26 Å². The number of rotatable bonds is 8. The van der Waals surface area contributed by atoms with E-state index in [9.17, 15) is 30.2 Å². The minimum Gasteiger partial charge on any atom is -0.480 e. The average Bonchev–Trinajstić information content (AvgIpc) is 2.55. The molecule has 0 fully saturated rings. The van der Waals surface area contributed by atoms with Crippen LogP contribution in [0.25, 0.3) is 0 Å². The number of aliphatic hydroxyl groups is 2. The first kappa shape index (κ1) is 20.7. The molecule has 0 saturated heterocycles. The number of nitrogens with zero attached hydrogens (tertiary/aromatic N) is 1. The summed E-state index contributed by atoms with van der Waals surface area (Å²) >= 11 is 4.67. The number of benzene rings is 1. The molecule has 26 heavy (non-hydrogen) atoms. The molecule has 144 valence electrons. The van der Waals surface area contributed by atoms with Gasteiger partial charge in [-0.3, -0.25) is 14.9 Å². The monoisotopic (exact) mass is 450 g/mol. The summed E-state index contributed by atoms with van der Waals surface area (Å²) in [5.41, 5.74) is 0.472. The van der Waals surface area contributed by atoms with E-state index >= 15 is 0 Å². The number of anilines is 2. The van der Waals surface area contributed by atoms with Gasteiger partial charge in [0.15, 0.2) is 12.5 Å². The van der Waals surface area contributed by atoms with Crippen molar-refractivity contribution in [3.63, 3.8) is 0 Å². The van der Waals surface area contributed by atoms with E-state index in [1.165, 1.54) is 17.8 Å². The van der Waals surface area contributed by atoms with Gasteiger partial charge in [0.1, 0.15) is 11.7 Å². The van der Waals surface area contributed by atoms with E-state index in [-0.39, 0.29) is 28.1 Å². The van der Waals surface area contributed by atoms with Gasteiger partial charge in [0.25, 0.3) is 0 Å². The standard InChI is InChI=1S/C14H19BrN4O6S/c1-26-3-2-8(14(22)23)16-5-6-4-7(15)11(19(24)25)10-9(6)17-12(20)13(21)18-10/h4,8,12-13,16-18,20-21H,2-3,5H2,1H3,(H,22,23)/t8-,12?,13?/m0/s1. The van der Waals surface area contributed by atoms with Gasteiger partial charge in [0.2, 0.25) is 0 Å². The van der Waals surface area contributed by atoms with Gasteiger partial charge in [-0.2, -0.15) is 11.8 Å². The Labute approximate surface area is 161 Å². The molecule has 0 amide bonds. The summed E-state index contributed by atoms with van der Waals surface area (Å²) in [6.45, 7) is 0.0990. The molecule has 0 saturated carbocycles. The number of nitro benzene ring substituents is 1. The van der Waals surface area contributed by atoms with Crippen molar-refractivity contribution in [1.82, 2.24) is 5.32 Å². The van der Waals surface area contributed by atoms with Crippen LogP contribution in [0.1, 0.15) is 12.0 Å². The molecule has 1 aliphatic heterocycles. The highest BCUT2D eigenvalue weighted by Gasteiger charge is 2.33. The number of nitro groups is 1. The molecule has 2 rings (SSSR count). The molecule has 1 aromatic carbocycles. The molecule has 0 aliphatic carbocycles. The Kier molecular flexibility index (Phi) is 7.06. The topological polar surface area (TPSA) is 157 Å². The SMILES string of the molecule is CSCC[C@H](NCc1cc(Br)c([N+](=O)[O-])c2c1NC(O)C(O)N2)C(=O)O. The van der Waals surface area contributed by atoms with Crippen molar-refractivity contribution in [1.29, 1.82) is 0 Å². The molecule has 0 radical (unpaired) electrons. The van der Waals surface area contributed by atoms with Crippen LogP contribution in [0.2, 0.25) is 0 Å². The molecular formula is C14H19BrN4O6S. The first-order chi connectivity index (χ1) is 12.3. The maximum Gasteiger partial charge on any atom is 0.320 e. The summed E-state index contributed by atoms with van der Waals surface area (Å²) in [6, 6.07) is 0.704. The van der Waals surface area contributed by atoms with Crippen molar-refractivity contribution >= 4 is 50.7 Å². The summed E-state index contributed by atoms with van der Waals surface area (Å²) in [6.07, 6.45) is -0.497. The first-order valence-corrected chi connectivity index (χ1v) is 9.79. The number of carbonyl (C=O) groups is 1. The molecule has 0 spiro atoms. The van der Waals surface area contributed by atoms with Crippen molar-refractivity contribution in [2.45, 2.75) is 31.5 Å². The number of halogens is 1. The highest BCUT2D eigenvalue weighted by atomic mass is 79.9. The zero-order valence-corrected chi connectivity index (χ0v) is 16.1. The van der Waals surface area contributed by atoms with Crippen molar-refractivity contribution in [2.75, 3.05) is 22.6 Å². The van der Waals surface area contributed by atoms with Crippen LogP contribution >= 0.6 is 27.7 Å². The Morgan fingerprint density at radius 1 is 1.42 bits per heavy atom. The van der Waals surface area contributed by atoms with Crippen molar-refractivity contribution in [2.24, 2.45) is 0 Å². The first-order valence-electron chi connectivity index (χ1n) is 7.60. The normalized spacial score (nSPS) is 19.8. The second-order valence-corrected chi connectivity index (χ2v) is 7.44. The third kappa shape index (κ3) is 4.57. The Hall–Kier alpha value is -1.60. The van der Waals surface area contributed by atoms with E-state index in [2.05, 4.69) is 31.9 Å². The fourth-order valence-corrected chi connectivity index (χ4v) is 3.64. The van der Waals surface area contributed by atoms with Gasteiger partial charge in [-0.15, -0.1) is 0 Å². The smallest absolute Gasteiger partial charge is 0.320 e. The molecule has 0 bridgehead atoms. The number of aliphatic hydroxyl groups excluding tert-OH is 2. The van der Waals surface area contributed by atoms with E-state index < -0.39 is 29.4 Å². The molecule has 3 atom stereocenters. The van der Waals surface area contributed by atoms with E-state index in [1.54, 1.807) is 0 Å². The molecule has 2 unspecified atom stereocenters. The molecule has 1 aromatic rings. The van der Waals surface area contributed by atoms with Crippen molar-refractivity contribution in [3.05, 3.63) is 26.2 Å². The number of hydrogen-bond donors (Lipinski definition) is 6. The quantitative estimate of drug-likeness (QED) is 0.250. The molecule has 0 aromatic heterocycles. The second kappa shape index (κ2) is 8.86. The van der Waals surface area contributed by atoms with Crippen LogP contribution in [0.4, 0.5) is 17.1 Å². The maximum atomic E-state index is 11.3. The molecular weight excluding hydrogens is 432 g/mol. The largest absolute Gasteiger partial charge is 0.480 e. The minimum absolute atomic E-state index is 0.0231. The zero-order valence-electron chi connectivity index (χ0n) is 13.7. The van der Waals surface area contributed by atoms with E-state index in [0.29, 0.717) is 17.7 Å². The van der Waals surface area contributed by atoms with Gasteiger partial charge in [0.05, 0.1) is 15.1 Å². The number of carboxylic acid groups (broad SMARTS) is 1. The van der Waals surface area contributed by atoms with Gasteiger partial charge in [0, 0.05) is 6.54 Å². The summed E-state index contributed by atoms with van der Waals surface area (Å²) in [4.78, 5) is 22.1. The fourth-order valence-electron chi connectivity index (χ4n) is 2.55. The third-order valence-corrected chi connectivity index (χ3v) is 5.10. The van der Waals surface area contributed by atoms with Gasteiger partial charge in [-0.25, -0.2) is 0 Å². The Morgan fingerprint density at radius 3 is 2.58 bits per heavy atom. The van der Waals surface area contributed by atoms with Crippen LogP contribution in [-0.4, -0.2) is 56.7 Å². The Bertz CT molecular complexity index is 707. The summed E-state index contributed by atoms with van der Waals surface area (Å²) in [5.74, 6) is -0.327. The molecule has 1 aliphatic rings. The highest BCUT2D eigenvalue weighted by Crippen LogP contribution is 2.43. The van der Waals surface area contributed by atoms with Gasteiger partial charge in [-0.1, -0.05) is 0 Å². The van der Waals surface area contributed by atoms with Crippen LogP contribution in [0.5, 0.6) is 0 Å². The van der Waals surface area contributed by atoms with Gasteiger partial charge >= 0.3 is 11.7 Å². The lowest BCUT2D eigenvalue weighted by atomic mass is 10.1. The lowest BCUT2D eigenvalue weighted by Gasteiger charge is -2.31. The van der Waals surface area contributed by atoms with Gasteiger partial charge in [-0.05, 0) is 46.0 Å². The molecule has 6 N–H and O–H groups in total. The number of thioether (sulfide) groups is 1. The van der Waals surface area contributed by atoms with Gasteiger partial charge < -0.3 is 31.3 Å². The lowest BCUT2D eigenvalue weighted by molar-refractivity contribution is -0.384. The molecule has 1 heterocycles. The number of hydrogen-bond acceptors (Lipinski definition) is 9. The highest BCUT2D eigenvalue weighted by molar-refractivity contribution is 9.10. The van der Waals surface area contributed by atoms with E-state index in [0.717, 1.165) is 0 Å². The van der Waals surface area contributed by atoms with E-state index in [4.69, 9.17) is 0 Å². The fraction of sp³-hybridized carbons (Fsp3) is 0.500. The summed E-state index contributed by atoms with van der Waals surface area (Å²) in [7, 11) is 0. The number of fused-ring (bicyclic) bond motifs is 1. The number of aliphatic carboxylic acids is 1. The Morgan fingerprint density at radius 2 is 2.04 bits per heavy atom. The van der Waals surface area contributed by atoms with Crippen molar-refractivity contribution in [3.8, 4) is 0 Å². The van der Waals surface area contributed by atoms with Crippen LogP contribution in [0.15, 0.2) is 10.5 Å². The Balaban J connectivity index is 2.34. The predicted octanol–water partition coefficient (Wildman–Crippen LogP) is 1.13. The van der Waals surface area contributed by atoms with Crippen molar-refractivity contribution < 1.29 is 25.0 Å². The molecule has 12 heteroatoms. The maximum absolute atomic E-state index is 11.3. The summed E-state index contributed by atoms with van der Waals surface area (Å²) in [5, 5.41) is 48.2. The zero-order chi connectivity index (χ0) is 19.4. The minimum atomic E-state index is -1.43. The van der Waals surface area contributed by atoms with Crippen LogP contribution < -0.4 is 16.0 Å². The lowest BCUT2D eigenvalue weighted by Crippen LogP contribution is -2.44. The van der Waals surface area contributed by atoms with Crippen LogP contribution in [-0.2, 0) is 11.3 Å².